The molecule has 11 atom stereocenters. The summed E-state index contributed by atoms with van der Waals surface area (Å²) in [6, 6.07) is 0. The fourth-order valence-electron chi connectivity index (χ4n) is 8.77. The third-order valence-corrected chi connectivity index (χ3v) is 10.7. The van der Waals surface area contributed by atoms with Gasteiger partial charge >= 0.3 is 5.97 Å². The number of rotatable bonds is 5. The number of esters is 1. The number of carbonyl (C=O) groups is 1. The molecule has 0 aliphatic heterocycles. The first kappa shape index (κ1) is 25.9. The molecule has 0 heterocycles. The van der Waals surface area contributed by atoms with Crippen molar-refractivity contribution in [3.63, 3.8) is 0 Å². The molecule has 3 fully saturated rings. The topological polar surface area (TPSA) is 66.8 Å². The second-order valence-corrected chi connectivity index (χ2v) is 13.1. The quantitative estimate of drug-likeness (QED) is 0.385. The smallest absolute Gasteiger partial charge is 0.302 e. The van der Waals surface area contributed by atoms with Crippen LogP contribution in [0.4, 0.5) is 0 Å². The zero-order valence-corrected chi connectivity index (χ0v) is 22.5. The molecule has 0 saturated heterocycles. The van der Waals surface area contributed by atoms with Crippen LogP contribution in [0.3, 0.4) is 0 Å². The second-order valence-electron chi connectivity index (χ2n) is 13.1. The average Bonchev–Trinajstić information content (AvgIpc) is 3.02. The molecule has 34 heavy (non-hydrogen) atoms. The molecule has 0 radical (unpaired) electrons. The molecular weight excluding hydrogens is 424 g/mol. The van der Waals surface area contributed by atoms with E-state index in [9.17, 15) is 15.0 Å². The summed E-state index contributed by atoms with van der Waals surface area (Å²) >= 11 is 0. The van der Waals surface area contributed by atoms with Gasteiger partial charge in [0.15, 0.2) is 0 Å². The van der Waals surface area contributed by atoms with E-state index in [-0.39, 0.29) is 52.9 Å². The number of carbonyl (C=O) groups excluding carboxylic acids is 1. The highest BCUT2D eigenvalue weighted by Gasteiger charge is 2.64. The van der Waals surface area contributed by atoms with E-state index >= 15 is 0 Å². The number of fused-ring (bicyclic) bond motifs is 5. The first-order valence-electron chi connectivity index (χ1n) is 13.8. The minimum Gasteiger partial charge on any atom is -0.462 e. The van der Waals surface area contributed by atoms with Crippen LogP contribution in [0.2, 0.25) is 0 Å². The van der Waals surface area contributed by atoms with Gasteiger partial charge < -0.3 is 14.9 Å². The van der Waals surface area contributed by atoms with Crippen molar-refractivity contribution in [3.05, 3.63) is 23.8 Å². The van der Waals surface area contributed by atoms with Gasteiger partial charge in [-0.15, -0.1) is 0 Å². The molecule has 4 rings (SSSR count). The van der Waals surface area contributed by atoms with E-state index < -0.39 is 0 Å². The van der Waals surface area contributed by atoms with E-state index in [1.165, 1.54) is 12.5 Å². The molecule has 4 aliphatic rings. The molecule has 0 aromatic carbocycles. The van der Waals surface area contributed by atoms with E-state index in [1.54, 1.807) is 0 Å². The number of ether oxygens (including phenoxy) is 1. The Labute approximate surface area is 207 Å². The van der Waals surface area contributed by atoms with Gasteiger partial charge in [0.1, 0.15) is 6.10 Å². The minimum absolute atomic E-state index is 0.0316. The molecule has 0 spiro atoms. The molecular formula is C30H48O4. The predicted molar refractivity (Wildman–Crippen MR) is 136 cm³/mol. The van der Waals surface area contributed by atoms with Crippen molar-refractivity contribution in [2.45, 2.75) is 105 Å². The highest BCUT2D eigenvalue weighted by Crippen LogP contribution is 2.67. The maximum absolute atomic E-state index is 12.1. The lowest BCUT2D eigenvalue weighted by Crippen LogP contribution is -2.56. The number of hydrogen-bond acceptors (Lipinski definition) is 4. The molecule has 3 saturated carbocycles. The van der Waals surface area contributed by atoms with E-state index in [0.29, 0.717) is 23.7 Å². The lowest BCUT2D eigenvalue weighted by Gasteiger charge is -2.59. The number of allylic oxidation sites excluding steroid dienone is 3. The Morgan fingerprint density at radius 2 is 1.88 bits per heavy atom. The van der Waals surface area contributed by atoms with Crippen molar-refractivity contribution in [1.82, 2.24) is 0 Å². The van der Waals surface area contributed by atoms with Crippen molar-refractivity contribution in [3.8, 4) is 0 Å². The van der Waals surface area contributed by atoms with E-state index in [0.717, 1.165) is 38.5 Å². The Balaban J connectivity index is 1.68. The van der Waals surface area contributed by atoms with Gasteiger partial charge in [-0.25, -0.2) is 0 Å². The van der Waals surface area contributed by atoms with Gasteiger partial charge in [0, 0.05) is 12.8 Å². The monoisotopic (exact) mass is 472 g/mol. The van der Waals surface area contributed by atoms with Crippen molar-refractivity contribution >= 4 is 5.97 Å². The van der Waals surface area contributed by atoms with Crippen LogP contribution in [0.15, 0.2) is 23.8 Å². The Morgan fingerprint density at radius 1 is 1.18 bits per heavy atom. The van der Waals surface area contributed by atoms with Gasteiger partial charge in [0.05, 0.1) is 12.2 Å². The van der Waals surface area contributed by atoms with Crippen LogP contribution in [-0.4, -0.2) is 34.5 Å². The molecule has 0 amide bonds. The highest BCUT2D eigenvalue weighted by atomic mass is 16.5. The van der Waals surface area contributed by atoms with Gasteiger partial charge in [0.25, 0.3) is 0 Å². The van der Waals surface area contributed by atoms with Gasteiger partial charge in [-0.1, -0.05) is 65.3 Å². The van der Waals surface area contributed by atoms with E-state index in [4.69, 9.17) is 4.74 Å². The van der Waals surface area contributed by atoms with Crippen molar-refractivity contribution in [1.29, 1.82) is 0 Å². The Morgan fingerprint density at radius 3 is 2.53 bits per heavy atom. The zero-order chi connectivity index (χ0) is 25.0. The average molecular weight is 473 g/mol. The molecule has 0 bridgehead atoms. The second kappa shape index (κ2) is 9.39. The third-order valence-electron chi connectivity index (χ3n) is 10.7. The van der Waals surface area contributed by atoms with Gasteiger partial charge in [-0.2, -0.15) is 0 Å². The predicted octanol–water partition coefficient (Wildman–Crippen LogP) is 5.92. The standard InChI is InChI=1S/C30H48O4/c1-17(2)18(3)8-9-19(4)27-26(34-20(5)31)15-24-23-11-10-21-14-22(32)12-13-29(21,6)28(23)25(33)16-30(24,27)7/h8-10,17-19,22-28,32-33H,11-16H2,1-7H3. The summed E-state index contributed by atoms with van der Waals surface area (Å²) in [5, 5.41) is 22.0. The number of aliphatic hydroxyl groups is 2. The van der Waals surface area contributed by atoms with E-state index in [1.807, 2.05) is 0 Å². The largest absolute Gasteiger partial charge is 0.462 e. The fourth-order valence-corrected chi connectivity index (χ4v) is 8.77. The molecule has 4 aliphatic carbocycles. The van der Waals surface area contributed by atoms with Gasteiger partial charge in [-0.05, 0) is 84.9 Å². The van der Waals surface area contributed by atoms with Gasteiger partial charge in [0.2, 0.25) is 0 Å². The van der Waals surface area contributed by atoms with Crippen LogP contribution in [0.25, 0.3) is 0 Å². The maximum atomic E-state index is 12.1. The third kappa shape index (κ3) is 4.32. The minimum atomic E-state index is -0.362. The van der Waals surface area contributed by atoms with Crippen molar-refractivity contribution < 1.29 is 19.7 Å². The molecule has 192 valence electrons. The van der Waals surface area contributed by atoms with Crippen LogP contribution in [0, 0.1) is 52.3 Å². The summed E-state index contributed by atoms with van der Waals surface area (Å²) in [5.41, 5.74) is 1.26. The summed E-state index contributed by atoms with van der Waals surface area (Å²) in [5.74, 6) is 2.43. The van der Waals surface area contributed by atoms with Crippen LogP contribution >= 0.6 is 0 Å². The molecule has 4 nitrogen and oxygen atoms in total. The molecule has 2 N–H and O–H groups in total. The fraction of sp³-hybridized carbons (Fsp3) is 0.833. The molecule has 0 aromatic rings. The normalized spacial score (nSPS) is 45.8. The molecule has 11 unspecified atom stereocenters. The lowest BCUT2D eigenvalue weighted by atomic mass is 9.46. The Kier molecular flexibility index (Phi) is 7.17. The first-order chi connectivity index (χ1) is 15.9. The Bertz CT molecular complexity index is 830. The SMILES string of the molecule is CC(=O)OC1CC2C3CC=C4CC(O)CCC4(C)C3C(O)CC2(C)C1C(C)C=CC(C)C(C)C. The van der Waals surface area contributed by atoms with Crippen LogP contribution in [0.5, 0.6) is 0 Å². The van der Waals surface area contributed by atoms with Crippen molar-refractivity contribution in [2.24, 2.45) is 52.3 Å². The molecule has 0 aromatic heterocycles. The van der Waals surface area contributed by atoms with Gasteiger partial charge in [-0.3, -0.25) is 4.79 Å². The van der Waals surface area contributed by atoms with Crippen LogP contribution in [-0.2, 0) is 9.53 Å². The summed E-state index contributed by atoms with van der Waals surface area (Å²) in [6.45, 7) is 15.3. The van der Waals surface area contributed by atoms with Crippen LogP contribution < -0.4 is 0 Å². The lowest BCUT2D eigenvalue weighted by molar-refractivity contribution is -0.151. The summed E-state index contributed by atoms with van der Waals surface area (Å²) in [4.78, 5) is 12.1. The highest BCUT2D eigenvalue weighted by molar-refractivity contribution is 5.66. The zero-order valence-electron chi connectivity index (χ0n) is 22.5. The summed E-state index contributed by atoms with van der Waals surface area (Å²) < 4.78 is 6.01. The number of aliphatic hydroxyl groups excluding tert-OH is 2. The number of hydrogen-bond donors (Lipinski definition) is 2. The van der Waals surface area contributed by atoms with Crippen molar-refractivity contribution in [2.75, 3.05) is 0 Å². The first-order valence-corrected chi connectivity index (χ1v) is 13.8. The van der Waals surface area contributed by atoms with Crippen LogP contribution in [0.1, 0.15) is 87.0 Å². The summed E-state index contributed by atoms with van der Waals surface area (Å²) in [7, 11) is 0. The molecule has 4 heteroatoms. The Hall–Kier alpha value is -1.13. The van der Waals surface area contributed by atoms with E-state index in [2.05, 4.69) is 59.8 Å². The summed E-state index contributed by atoms with van der Waals surface area (Å²) in [6.07, 6.45) is 11.5. The maximum Gasteiger partial charge on any atom is 0.302 e.